The van der Waals surface area contributed by atoms with Gasteiger partial charge in [-0.25, -0.2) is 0 Å². The van der Waals surface area contributed by atoms with E-state index in [0.717, 1.165) is 0 Å². The van der Waals surface area contributed by atoms with E-state index in [-0.39, 0.29) is 5.69 Å². The Morgan fingerprint density at radius 3 is 3.07 bits per heavy atom. The van der Waals surface area contributed by atoms with Gasteiger partial charge in [0.25, 0.3) is 5.69 Å². The molecule has 0 aliphatic heterocycles. The predicted molar refractivity (Wildman–Crippen MR) is 50.2 cm³/mol. The van der Waals surface area contributed by atoms with E-state index in [1.54, 1.807) is 0 Å². The molecular formula is C10H10NO3. The maximum Gasteiger partial charge on any atom is 0.273 e. The Hall–Kier alpha value is -1.58. The van der Waals surface area contributed by atoms with Crippen molar-refractivity contribution in [3.8, 4) is 5.75 Å². The van der Waals surface area contributed by atoms with Gasteiger partial charge in [0.05, 0.1) is 17.6 Å². The lowest BCUT2D eigenvalue weighted by Crippen LogP contribution is -1.99. The lowest BCUT2D eigenvalue weighted by Gasteiger charge is -2.03. The van der Waals surface area contributed by atoms with Crippen LogP contribution in [-0.4, -0.2) is 11.5 Å². The van der Waals surface area contributed by atoms with Crippen molar-refractivity contribution >= 4 is 5.69 Å². The fraction of sp³-hybridized carbons (Fsp3) is 0.400. The summed E-state index contributed by atoms with van der Waals surface area (Å²) in [5.74, 6) is 1.11. The third-order valence-corrected chi connectivity index (χ3v) is 2.14. The number of hydrogen-bond donors (Lipinski definition) is 0. The molecule has 4 nitrogen and oxygen atoms in total. The van der Waals surface area contributed by atoms with Crippen LogP contribution in [0.4, 0.5) is 5.69 Å². The van der Waals surface area contributed by atoms with Gasteiger partial charge in [-0.15, -0.1) is 0 Å². The average molecular weight is 192 g/mol. The van der Waals surface area contributed by atoms with E-state index < -0.39 is 4.92 Å². The highest BCUT2D eigenvalue weighted by Gasteiger charge is 2.22. The Morgan fingerprint density at radius 2 is 2.43 bits per heavy atom. The Balaban J connectivity index is 2.01. The summed E-state index contributed by atoms with van der Waals surface area (Å²) in [5.41, 5.74) is 0.0505. The van der Waals surface area contributed by atoms with Crippen LogP contribution in [0.15, 0.2) is 18.2 Å². The van der Waals surface area contributed by atoms with Gasteiger partial charge in [-0.1, -0.05) is 0 Å². The van der Waals surface area contributed by atoms with E-state index in [9.17, 15) is 10.1 Å². The zero-order valence-electron chi connectivity index (χ0n) is 7.60. The van der Waals surface area contributed by atoms with Crippen LogP contribution in [0.25, 0.3) is 0 Å². The maximum atomic E-state index is 10.4. The number of rotatable bonds is 4. The molecule has 4 heteroatoms. The van der Waals surface area contributed by atoms with E-state index in [2.05, 4.69) is 6.07 Å². The van der Waals surface area contributed by atoms with Crippen LogP contribution >= 0.6 is 0 Å². The zero-order valence-corrected chi connectivity index (χ0v) is 7.60. The van der Waals surface area contributed by atoms with Gasteiger partial charge in [0.15, 0.2) is 0 Å². The van der Waals surface area contributed by atoms with Crippen LogP contribution in [0, 0.1) is 22.1 Å². The van der Waals surface area contributed by atoms with Gasteiger partial charge in [-0.3, -0.25) is 10.1 Å². The number of nitrogens with zero attached hydrogens (tertiary/aromatic N) is 1. The molecule has 1 fully saturated rings. The van der Waals surface area contributed by atoms with E-state index in [1.165, 1.54) is 31.0 Å². The molecule has 1 aromatic rings. The van der Waals surface area contributed by atoms with Crippen LogP contribution in [0.1, 0.15) is 12.8 Å². The standard InChI is InChI=1S/C10H10NO3/c12-11(13)9-2-1-3-10(6-9)14-7-8-4-5-8/h1-2,6,8H,4-5,7H2. The quantitative estimate of drug-likeness (QED) is 0.542. The molecule has 0 aromatic heterocycles. The summed E-state index contributed by atoms with van der Waals surface area (Å²) in [7, 11) is 0. The number of nitro groups is 1. The Bertz CT molecular complexity index is 347. The van der Waals surface area contributed by atoms with Crippen molar-refractivity contribution in [3.63, 3.8) is 0 Å². The second-order valence-electron chi connectivity index (χ2n) is 3.42. The van der Waals surface area contributed by atoms with Crippen LogP contribution in [0.3, 0.4) is 0 Å². The lowest BCUT2D eigenvalue weighted by atomic mass is 10.3. The van der Waals surface area contributed by atoms with Crippen LogP contribution in [-0.2, 0) is 0 Å². The topological polar surface area (TPSA) is 52.4 Å². The molecule has 2 rings (SSSR count). The zero-order chi connectivity index (χ0) is 9.97. The molecule has 1 saturated carbocycles. The Morgan fingerprint density at radius 1 is 1.64 bits per heavy atom. The first-order valence-corrected chi connectivity index (χ1v) is 4.54. The molecule has 1 aliphatic rings. The van der Waals surface area contributed by atoms with Gasteiger partial charge >= 0.3 is 0 Å². The number of nitro benzene ring substituents is 1. The molecule has 73 valence electrons. The minimum absolute atomic E-state index is 0.0505. The first-order chi connectivity index (χ1) is 6.75. The molecule has 1 aromatic carbocycles. The molecular weight excluding hydrogens is 182 g/mol. The average Bonchev–Trinajstić information content (AvgIpc) is 2.99. The second kappa shape index (κ2) is 3.65. The van der Waals surface area contributed by atoms with Gasteiger partial charge in [-0.2, -0.15) is 0 Å². The monoisotopic (exact) mass is 192 g/mol. The number of benzene rings is 1. The molecule has 0 saturated heterocycles. The SMILES string of the molecule is O=[N+]([O-])c1cc[c]c(OCC2CC2)c1. The molecule has 14 heavy (non-hydrogen) atoms. The summed E-state index contributed by atoms with van der Waals surface area (Å²) in [4.78, 5) is 10.0. The molecule has 0 N–H and O–H groups in total. The summed E-state index contributed by atoms with van der Waals surface area (Å²) in [6, 6.07) is 7.15. The van der Waals surface area contributed by atoms with Crippen molar-refractivity contribution in [3.05, 3.63) is 34.4 Å². The molecule has 0 spiro atoms. The van der Waals surface area contributed by atoms with Crippen LogP contribution < -0.4 is 4.74 Å². The lowest BCUT2D eigenvalue weighted by molar-refractivity contribution is -0.384. The molecule has 0 bridgehead atoms. The van der Waals surface area contributed by atoms with Crippen molar-refractivity contribution in [2.45, 2.75) is 12.8 Å². The number of non-ortho nitro benzene ring substituents is 1. The van der Waals surface area contributed by atoms with Gasteiger partial charge in [0.2, 0.25) is 0 Å². The molecule has 1 aliphatic carbocycles. The van der Waals surface area contributed by atoms with Crippen molar-refractivity contribution in [2.24, 2.45) is 5.92 Å². The second-order valence-corrected chi connectivity index (χ2v) is 3.42. The van der Waals surface area contributed by atoms with Gasteiger partial charge in [-0.05, 0) is 24.8 Å². The predicted octanol–water partition coefficient (Wildman–Crippen LogP) is 2.18. The minimum atomic E-state index is -0.433. The summed E-state index contributed by atoms with van der Waals surface area (Å²) in [5, 5.41) is 10.4. The van der Waals surface area contributed by atoms with Gasteiger partial charge < -0.3 is 4.74 Å². The van der Waals surface area contributed by atoms with Crippen molar-refractivity contribution < 1.29 is 9.66 Å². The largest absolute Gasteiger partial charge is 0.492 e. The summed E-state index contributed by atoms with van der Waals surface area (Å²) in [6.45, 7) is 0.650. The van der Waals surface area contributed by atoms with E-state index in [1.807, 2.05) is 0 Å². The van der Waals surface area contributed by atoms with Crippen LogP contribution in [0.5, 0.6) is 5.75 Å². The van der Waals surface area contributed by atoms with E-state index >= 15 is 0 Å². The van der Waals surface area contributed by atoms with Crippen LogP contribution in [0.2, 0.25) is 0 Å². The molecule has 0 unspecified atom stereocenters. The minimum Gasteiger partial charge on any atom is -0.492 e. The summed E-state index contributed by atoms with van der Waals surface area (Å²) in [6.07, 6.45) is 2.41. The third kappa shape index (κ3) is 2.22. The van der Waals surface area contributed by atoms with E-state index in [0.29, 0.717) is 18.3 Å². The summed E-state index contributed by atoms with van der Waals surface area (Å²) < 4.78 is 5.36. The highest BCUT2D eigenvalue weighted by Crippen LogP contribution is 2.29. The fourth-order valence-corrected chi connectivity index (χ4v) is 1.12. The van der Waals surface area contributed by atoms with Crippen molar-refractivity contribution in [1.29, 1.82) is 0 Å². The van der Waals surface area contributed by atoms with Crippen molar-refractivity contribution in [2.75, 3.05) is 6.61 Å². The van der Waals surface area contributed by atoms with Gasteiger partial charge in [0.1, 0.15) is 5.75 Å². The number of ether oxygens (including phenoxy) is 1. The first-order valence-electron chi connectivity index (χ1n) is 4.54. The van der Waals surface area contributed by atoms with E-state index in [4.69, 9.17) is 4.74 Å². The maximum absolute atomic E-state index is 10.4. The molecule has 1 radical (unpaired) electrons. The third-order valence-electron chi connectivity index (χ3n) is 2.14. The smallest absolute Gasteiger partial charge is 0.273 e. The molecule has 0 heterocycles. The normalized spacial score (nSPS) is 15.1. The first kappa shape index (κ1) is 8.99. The summed E-state index contributed by atoms with van der Waals surface area (Å²) >= 11 is 0. The van der Waals surface area contributed by atoms with Gasteiger partial charge in [0, 0.05) is 12.1 Å². The Kier molecular flexibility index (Phi) is 2.35. The fourth-order valence-electron chi connectivity index (χ4n) is 1.12. The highest BCUT2D eigenvalue weighted by molar-refractivity contribution is 5.37. The highest BCUT2D eigenvalue weighted by atomic mass is 16.6. The Labute approximate surface area is 81.7 Å². The molecule has 0 atom stereocenters. The number of hydrogen-bond acceptors (Lipinski definition) is 3. The molecule has 0 amide bonds. The van der Waals surface area contributed by atoms with Crippen molar-refractivity contribution in [1.82, 2.24) is 0 Å².